The molecule has 0 saturated carbocycles. The van der Waals surface area contributed by atoms with Crippen molar-refractivity contribution in [2.75, 3.05) is 18.9 Å². The summed E-state index contributed by atoms with van der Waals surface area (Å²) in [6, 6.07) is 12.8. The first-order chi connectivity index (χ1) is 13.9. The molecule has 2 aromatic carbocycles. The van der Waals surface area contributed by atoms with Crippen molar-refractivity contribution in [1.29, 1.82) is 0 Å². The molecule has 0 aliphatic carbocycles. The van der Waals surface area contributed by atoms with Crippen molar-refractivity contribution >= 4 is 22.9 Å². The van der Waals surface area contributed by atoms with Crippen LogP contribution in [0.3, 0.4) is 0 Å². The Kier molecular flexibility index (Phi) is 6.83. The summed E-state index contributed by atoms with van der Waals surface area (Å²) < 4.78 is 0. The van der Waals surface area contributed by atoms with Gasteiger partial charge in [0.15, 0.2) is 6.54 Å². The first kappa shape index (κ1) is 21.2. The lowest BCUT2D eigenvalue weighted by Crippen LogP contribution is -3.08. The minimum absolute atomic E-state index is 0.0319. The van der Waals surface area contributed by atoms with E-state index < -0.39 is 0 Å². The van der Waals surface area contributed by atoms with Crippen molar-refractivity contribution < 1.29 is 9.69 Å². The Morgan fingerprint density at radius 1 is 1.10 bits per heavy atom. The Bertz CT molecular complexity index is 969. The molecule has 3 aromatic rings. The number of aromatic nitrogens is 1. The largest absolute Gasteiger partial charge is 0.324 e. The zero-order valence-electron chi connectivity index (χ0n) is 17.9. The van der Waals surface area contributed by atoms with Gasteiger partial charge in [0, 0.05) is 16.6 Å². The normalized spacial score (nSPS) is 12.0. The number of quaternary nitrogens is 1. The Morgan fingerprint density at radius 3 is 2.38 bits per heavy atom. The summed E-state index contributed by atoms with van der Waals surface area (Å²) in [6.07, 6.45) is 1.04. The van der Waals surface area contributed by atoms with E-state index in [0.29, 0.717) is 6.54 Å². The number of likely N-dealkylation sites (N-methyl/N-ethyl adjacent to an activating group) is 1. The number of nitrogens with one attached hydrogen (secondary N) is 2. The standard InChI is InChI=1S/C24H29N3OS/c1-6-19-7-9-20(10-8-19)21-15-29-23(25-21)14-27(5)13-22(28)26-24-17(3)11-16(2)12-18(24)4/h7-12,15H,6,13-14H2,1-5H3,(H,26,28)/p+1. The number of thiazole rings is 1. The molecule has 0 aliphatic heterocycles. The monoisotopic (exact) mass is 408 g/mol. The lowest BCUT2D eigenvalue weighted by molar-refractivity contribution is -0.885. The van der Waals surface area contributed by atoms with Gasteiger partial charge >= 0.3 is 0 Å². The molecule has 5 heteroatoms. The van der Waals surface area contributed by atoms with Crippen LogP contribution in [0.4, 0.5) is 5.69 Å². The topological polar surface area (TPSA) is 46.4 Å². The molecule has 1 aromatic heterocycles. The van der Waals surface area contributed by atoms with Crippen LogP contribution < -0.4 is 10.2 Å². The van der Waals surface area contributed by atoms with E-state index in [1.807, 2.05) is 20.9 Å². The van der Waals surface area contributed by atoms with Gasteiger partial charge in [-0.05, 0) is 43.9 Å². The summed E-state index contributed by atoms with van der Waals surface area (Å²) in [4.78, 5) is 18.4. The van der Waals surface area contributed by atoms with E-state index in [4.69, 9.17) is 4.98 Å². The number of nitrogens with zero attached hydrogens (tertiary/aromatic N) is 1. The van der Waals surface area contributed by atoms with Crippen LogP contribution in [0.1, 0.15) is 34.2 Å². The van der Waals surface area contributed by atoms with E-state index in [-0.39, 0.29) is 5.91 Å². The van der Waals surface area contributed by atoms with Crippen LogP contribution in [-0.2, 0) is 17.8 Å². The minimum Gasteiger partial charge on any atom is -0.324 e. The van der Waals surface area contributed by atoms with Gasteiger partial charge in [-0.15, -0.1) is 11.3 Å². The highest BCUT2D eigenvalue weighted by molar-refractivity contribution is 7.09. The van der Waals surface area contributed by atoms with Gasteiger partial charge < -0.3 is 10.2 Å². The van der Waals surface area contributed by atoms with Crippen LogP contribution in [0.25, 0.3) is 11.3 Å². The summed E-state index contributed by atoms with van der Waals surface area (Å²) in [5.41, 5.74) is 7.84. The third-order valence-electron chi connectivity index (χ3n) is 5.07. The molecule has 0 bridgehead atoms. The molecule has 152 valence electrons. The van der Waals surface area contributed by atoms with Crippen molar-refractivity contribution in [3.63, 3.8) is 0 Å². The van der Waals surface area contributed by atoms with Crippen molar-refractivity contribution in [2.45, 2.75) is 40.7 Å². The van der Waals surface area contributed by atoms with E-state index in [9.17, 15) is 4.79 Å². The van der Waals surface area contributed by atoms with Crippen LogP contribution in [0.2, 0.25) is 0 Å². The molecule has 1 heterocycles. The van der Waals surface area contributed by atoms with Gasteiger partial charge in [-0.3, -0.25) is 4.79 Å². The maximum Gasteiger partial charge on any atom is 0.279 e. The smallest absolute Gasteiger partial charge is 0.279 e. The molecule has 0 aliphatic rings. The molecule has 1 unspecified atom stereocenters. The van der Waals surface area contributed by atoms with Crippen LogP contribution in [0, 0.1) is 20.8 Å². The van der Waals surface area contributed by atoms with E-state index in [1.165, 1.54) is 11.1 Å². The minimum atomic E-state index is 0.0319. The van der Waals surface area contributed by atoms with E-state index in [1.54, 1.807) is 11.3 Å². The summed E-state index contributed by atoms with van der Waals surface area (Å²) in [7, 11) is 2.03. The van der Waals surface area contributed by atoms with Gasteiger partial charge in [-0.2, -0.15) is 0 Å². The Labute approximate surface area is 177 Å². The van der Waals surface area contributed by atoms with Gasteiger partial charge in [-0.25, -0.2) is 4.98 Å². The maximum atomic E-state index is 12.5. The van der Waals surface area contributed by atoms with Crippen LogP contribution in [0.5, 0.6) is 0 Å². The van der Waals surface area contributed by atoms with Crippen molar-refractivity contribution in [1.82, 2.24) is 4.98 Å². The fourth-order valence-electron chi connectivity index (χ4n) is 3.59. The number of rotatable bonds is 7. The van der Waals surface area contributed by atoms with Crippen molar-refractivity contribution in [2.24, 2.45) is 0 Å². The predicted octanol–water partition coefficient (Wildman–Crippen LogP) is 3.95. The molecule has 0 spiro atoms. The molecular formula is C24H30N3OS+. The number of carbonyl (C=O) groups is 1. The maximum absolute atomic E-state index is 12.5. The second kappa shape index (κ2) is 9.33. The molecule has 1 amide bonds. The second-order valence-corrected chi connectivity index (χ2v) is 8.75. The molecule has 2 N–H and O–H groups in total. The molecule has 4 nitrogen and oxygen atoms in total. The van der Waals surface area contributed by atoms with Gasteiger partial charge in [0.25, 0.3) is 5.91 Å². The quantitative estimate of drug-likeness (QED) is 0.622. The number of benzene rings is 2. The Morgan fingerprint density at radius 2 is 1.76 bits per heavy atom. The summed E-state index contributed by atoms with van der Waals surface area (Å²) in [5.74, 6) is 0.0319. The zero-order chi connectivity index (χ0) is 21.0. The molecule has 0 radical (unpaired) electrons. The lowest BCUT2D eigenvalue weighted by atomic mass is 10.1. The Balaban J connectivity index is 1.59. The number of amides is 1. The molecule has 0 saturated heterocycles. The molecule has 29 heavy (non-hydrogen) atoms. The van der Waals surface area contributed by atoms with Gasteiger partial charge in [0.05, 0.1) is 12.7 Å². The highest BCUT2D eigenvalue weighted by Crippen LogP contribution is 2.23. The number of hydrogen-bond donors (Lipinski definition) is 2. The fraction of sp³-hybridized carbons (Fsp3) is 0.333. The Hall–Kier alpha value is -2.50. The first-order valence-electron chi connectivity index (χ1n) is 10.1. The summed E-state index contributed by atoms with van der Waals surface area (Å²) >= 11 is 1.66. The highest BCUT2D eigenvalue weighted by atomic mass is 32.1. The van der Waals surface area contributed by atoms with Crippen molar-refractivity contribution in [3.05, 3.63) is 69.0 Å². The second-order valence-electron chi connectivity index (χ2n) is 7.81. The third kappa shape index (κ3) is 5.52. The first-order valence-corrected chi connectivity index (χ1v) is 11.0. The average molecular weight is 409 g/mol. The van der Waals surface area contributed by atoms with Gasteiger partial charge in [0.1, 0.15) is 11.6 Å². The molecule has 0 fully saturated rings. The third-order valence-corrected chi connectivity index (χ3v) is 5.92. The van der Waals surface area contributed by atoms with Crippen LogP contribution in [-0.4, -0.2) is 24.5 Å². The predicted molar refractivity (Wildman–Crippen MR) is 122 cm³/mol. The number of carbonyl (C=O) groups excluding carboxylic acids is 1. The van der Waals surface area contributed by atoms with E-state index in [2.05, 4.69) is 60.9 Å². The highest BCUT2D eigenvalue weighted by Gasteiger charge is 2.15. The van der Waals surface area contributed by atoms with Gasteiger partial charge in [-0.1, -0.05) is 48.9 Å². The summed E-state index contributed by atoms with van der Waals surface area (Å²) in [5, 5.41) is 6.24. The van der Waals surface area contributed by atoms with Gasteiger partial charge in [0.2, 0.25) is 0 Å². The average Bonchev–Trinajstić information content (AvgIpc) is 3.13. The van der Waals surface area contributed by atoms with Crippen LogP contribution in [0.15, 0.2) is 41.8 Å². The lowest BCUT2D eigenvalue weighted by Gasteiger charge is -2.15. The zero-order valence-corrected chi connectivity index (χ0v) is 18.7. The molecule has 1 atom stereocenters. The number of aryl methyl sites for hydroxylation is 4. The summed E-state index contributed by atoms with van der Waals surface area (Å²) in [6.45, 7) is 9.45. The number of anilines is 1. The number of hydrogen-bond acceptors (Lipinski definition) is 3. The van der Waals surface area contributed by atoms with Crippen molar-refractivity contribution in [3.8, 4) is 11.3 Å². The SMILES string of the molecule is CCc1ccc(-c2csc(C[NH+](C)CC(=O)Nc3c(C)cc(C)cc3C)n2)cc1. The van der Waals surface area contributed by atoms with E-state index in [0.717, 1.165) is 50.9 Å². The van der Waals surface area contributed by atoms with Crippen LogP contribution >= 0.6 is 11.3 Å². The molecule has 3 rings (SSSR count). The van der Waals surface area contributed by atoms with E-state index >= 15 is 0 Å². The fourth-order valence-corrected chi connectivity index (χ4v) is 4.51. The molecular weight excluding hydrogens is 378 g/mol.